The maximum atomic E-state index is 7.13. The molecular formula is C20H38Cl4Cu2N4O6S2. The Morgan fingerprint density at radius 2 is 0.579 bits per heavy atom. The molecule has 3 fully saturated rings. The number of thiocyanates is 2. The second-order valence-corrected chi connectivity index (χ2v) is 10.4. The molecule has 3 aliphatic heterocycles. The third-order valence-electron chi connectivity index (χ3n) is 4.72. The Morgan fingerprint density at radius 1 is 0.447 bits per heavy atom. The summed E-state index contributed by atoms with van der Waals surface area (Å²) in [5.74, 6) is 0. The number of nitriles is 2. The van der Waals surface area contributed by atoms with E-state index in [0.717, 1.165) is 105 Å². The summed E-state index contributed by atoms with van der Waals surface area (Å²) in [6, 6.07) is 0. The Bertz CT molecular complexity index is 447. The summed E-state index contributed by atoms with van der Waals surface area (Å²) in [7, 11) is 18.7. The summed E-state index contributed by atoms with van der Waals surface area (Å²) in [6.07, 6.45) is 0. The van der Waals surface area contributed by atoms with Crippen LogP contribution in [0.1, 0.15) is 0 Å². The average molecular weight is 764 g/mol. The van der Waals surface area contributed by atoms with Crippen molar-refractivity contribution in [2.45, 2.75) is 0 Å². The molecule has 0 aromatic carbocycles. The molecule has 3 saturated heterocycles. The van der Waals surface area contributed by atoms with Gasteiger partial charge in [-0.3, -0.25) is 0 Å². The average Bonchev–Trinajstić information content (AvgIpc) is 2.88. The van der Waals surface area contributed by atoms with Crippen molar-refractivity contribution in [3.8, 4) is 10.8 Å². The van der Waals surface area contributed by atoms with Crippen LogP contribution in [0.2, 0.25) is 0 Å². The molecule has 3 aliphatic rings. The molecule has 0 aliphatic carbocycles. The molecule has 0 spiro atoms. The van der Waals surface area contributed by atoms with Gasteiger partial charge in [-0.25, -0.2) is 10.5 Å². The molecule has 0 atom stereocenters. The third-order valence-corrected chi connectivity index (χ3v) is 4.72. The number of halogens is 4. The van der Waals surface area contributed by atoms with Crippen molar-refractivity contribution in [3.05, 3.63) is 0 Å². The predicted molar refractivity (Wildman–Crippen MR) is 145 cm³/mol. The Morgan fingerprint density at radius 3 is 0.711 bits per heavy atom. The SMILES string of the molecule is C1COCC[NH+]2CCOCCOCC[NH+](CCO1)CCOCCOCC2.N#C[S-].N#C[S-].[Cl][Cu][Cl].[Cl][Cu][Cl]. The number of quaternary nitrogens is 2. The molecule has 236 valence electrons. The zero-order valence-electron chi connectivity index (χ0n) is 21.0. The predicted octanol–water partition coefficient (Wildman–Crippen LogP) is -0.335. The van der Waals surface area contributed by atoms with Crippen molar-refractivity contribution in [3.63, 3.8) is 0 Å². The third kappa shape index (κ3) is 41.8. The Kier molecular flexibility index (Phi) is 49.2. The van der Waals surface area contributed by atoms with Gasteiger partial charge in [-0.1, -0.05) is 10.8 Å². The van der Waals surface area contributed by atoms with E-state index in [-0.39, 0.29) is 0 Å². The van der Waals surface area contributed by atoms with Gasteiger partial charge in [0.1, 0.15) is 39.3 Å². The minimum atomic E-state index is 0.655. The van der Waals surface area contributed by atoms with Crippen molar-refractivity contribution in [1.82, 2.24) is 0 Å². The van der Waals surface area contributed by atoms with Crippen LogP contribution >= 0.6 is 40.4 Å². The zero-order valence-corrected chi connectivity index (χ0v) is 27.5. The van der Waals surface area contributed by atoms with Gasteiger partial charge >= 0.3 is 66.7 Å². The fourth-order valence-electron chi connectivity index (χ4n) is 3.01. The number of nitrogens with one attached hydrogen (secondary N) is 2. The van der Waals surface area contributed by atoms with Crippen molar-refractivity contribution < 1.29 is 64.5 Å². The molecule has 3 rings (SSSR count). The van der Waals surface area contributed by atoms with Gasteiger partial charge in [0.05, 0.1) is 79.3 Å². The van der Waals surface area contributed by atoms with Crippen molar-refractivity contribution in [2.75, 3.05) is 119 Å². The van der Waals surface area contributed by atoms with Gasteiger partial charge < -0.3 is 63.5 Å². The molecule has 0 saturated carbocycles. The van der Waals surface area contributed by atoms with E-state index in [9.17, 15) is 0 Å². The molecule has 0 radical (unpaired) electrons. The van der Waals surface area contributed by atoms with Crippen molar-refractivity contribution in [2.24, 2.45) is 0 Å². The summed E-state index contributed by atoms with van der Waals surface area (Å²) in [5.41, 5.74) is 0. The van der Waals surface area contributed by atoms with Gasteiger partial charge in [-0.05, 0) is 0 Å². The normalized spacial score (nSPS) is 22.4. The molecule has 0 aromatic rings. The molecular weight excluding hydrogens is 725 g/mol. The van der Waals surface area contributed by atoms with Crippen LogP contribution in [0.15, 0.2) is 0 Å². The van der Waals surface area contributed by atoms with E-state index in [1.807, 2.05) is 0 Å². The molecule has 38 heavy (non-hydrogen) atoms. The monoisotopic (exact) mass is 760 g/mol. The summed E-state index contributed by atoms with van der Waals surface area (Å²) >= 11 is 8.91. The van der Waals surface area contributed by atoms with Crippen LogP contribution < -0.4 is 9.80 Å². The second kappa shape index (κ2) is 42.8. The summed E-state index contributed by atoms with van der Waals surface area (Å²) in [6.45, 7) is 14.1. The van der Waals surface area contributed by atoms with E-state index in [1.165, 1.54) is 20.6 Å². The zero-order chi connectivity index (χ0) is 29.0. The van der Waals surface area contributed by atoms with E-state index >= 15 is 0 Å². The van der Waals surface area contributed by atoms with Gasteiger partial charge in [0.2, 0.25) is 0 Å². The fraction of sp³-hybridized carbons (Fsp3) is 0.900. The van der Waals surface area contributed by atoms with E-state index in [2.05, 4.69) is 65.6 Å². The molecule has 18 heteroatoms. The first-order valence-electron chi connectivity index (χ1n) is 11.4. The molecule has 2 N–H and O–H groups in total. The maximum absolute atomic E-state index is 7.13. The molecule has 0 amide bonds. The molecule has 2 bridgehead atoms. The fourth-order valence-corrected chi connectivity index (χ4v) is 3.01. The second-order valence-electron chi connectivity index (χ2n) is 6.94. The van der Waals surface area contributed by atoms with E-state index in [1.54, 1.807) is 0 Å². The van der Waals surface area contributed by atoms with Crippen LogP contribution in [-0.2, 0) is 79.9 Å². The molecule has 0 aromatic heterocycles. The van der Waals surface area contributed by atoms with Crippen LogP contribution in [0, 0.1) is 21.3 Å². The molecule has 0 unspecified atom stereocenters. The van der Waals surface area contributed by atoms with E-state index in [0.29, 0.717) is 39.6 Å². The minimum absolute atomic E-state index is 0.655. The molecule has 3 heterocycles. The van der Waals surface area contributed by atoms with Gasteiger partial charge in [0.25, 0.3) is 0 Å². The quantitative estimate of drug-likeness (QED) is 0.194. The van der Waals surface area contributed by atoms with Gasteiger partial charge in [0, 0.05) is 0 Å². The summed E-state index contributed by atoms with van der Waals surface area (Å²) in [4.78, 5) is 2.88. The first-order valence-corrected chi connectivity index (χ1v) is 17.4. The number of hydrogen-bond donors (Lipinski definition) is 2. The Balaban J connectivity index is -0.000000867. The number of hydrogen-bond acceptors (Lipinski definition) is 10. The van der Waals surface area contributed by atoms with E-state index in [4.69, 9.17) is 38.9 Å². The standard InChI is InChI=1S/C18H36N2O6.2CHNS.4ClH.2Cu/c1-7-21-13-14-24-10-4-20-5-11-25-17-15-22-8-2-19(1)3-9-23-16-18-26-12-6-20;2*2-1-3;;;;;;/h1-18H2;2*3H;4*1H;;/q;;;;;;;2*+2/p-4. The van der Waals surface area contributed by atoms with Crippen LogP contribution in [0.5, 0.6) is 0 Å². The Labute approximate surface area is 268 Å². The molecule has 10 nitrogen and oxygen atoms in total. The van der Waals surface area contributed by atoms with Crippen LogP contribution in [0.3, 0.4) is 0 Å². The number of ether oxygens (including phenoxy) is 6. The summed E-state index contributed by atoms with van der Waals surface area (Å²) < 4.78 is 34.4. The first-order chi connectivity index (χ1) is 18.6. The number of rotatable bonds is 0. The van der Waals surface area contributed by atoms with Crippen LogP contribution in [0.4, 0.5) is 0 Å². The first kappa shape index (κ1) is 43.7. The van der Waals surface area contributed by atoms with Crippen LogP contribution in [-0.4, -0.2) is 119 Å². The van der Waals surface area contributed by atoms with E-state index < -0.39 is 0 Å². The topological polar surface area (TPSA) is 112 Å². The summed E-state index contributed by atoms with van der Waals surface area (Å²) in [5, 5.41) is 16.9. The van der Waals surface area contributed by atoms with Crippen molar-refractivity contribution in [1.29, 1.82) is 10.5 Å². The number of fused-ring (bicyclic) bond motifs is 21. The van der Waals surface area contributed by atoms with Gasteiger partial charge in [0.15, 0.2) is 0 Å². The van der Waals surface area contributed by atoms with Crippen LogP contribution in [0.25, 0.3) is 0 Å². The Hall–Kier alpha value is 1.30. The van der Waals surface area contributed by atoms with Gasteiger partial charge in [-0.15, -0.1) is 0 Å². The number of nitrogens with zero attached hydrogens (tertiary/aromatic N) is 2. The van der Waals surface area contributed by atoms with Gasteiger partial charge in [-0.2, -0.15) is 0 Å². The van der Waals surface area contributed by atoms with Crippen molar-refractivity contribution >= 4 is 65.6 Å².